The van der Waals surface area contributed by atoms with Crippen molar-refractivity contribution in [3.8, 4) is 0 Å². The highest BCUT2D eigenvalue weighted by Crippen LogP contribution is 2.22. The Morgan fingerprint density at radius 1 is 1.19 bits per heavy atom. The first-order chi connectivity index (χ1) is 15.3. The van der Waals surface area contributed by atoms with Gasteiger partial charge in [0.2, 0.25) is 4.91 Å². The Morgan fingerprint density at radius 2 is 1.91 bits per heavy atom. The predicted octanol–water partition coefficient (Wildman–Crippen LogP) is 1.82. The predicted molar refractivity (Wildman–Crippen MR) is 124 cm³/mol. The summed E-state index contributed by atoms with van der Waals surface area (Å²) in [7, 11) is -0.252. The summed E-state index contributed by atoms with van der Waals surface area (Å²) < 4.78 is 39.1. The monoisotopic (exact) mass is 478 g/mol. The number of rotatable bonds is 10. The van der Waals surface area contributed by atoms with E-state index in [1.54, 1.807) is 36.0 Å². The van der Waals surface area contributed by atoms with Gasteiger partial charge in [-0.05, 0) is 31.8 Å². The summed E-state index contributed by atoms with van der Waals surface area (Å²) >= 11 is 1.61. The molecule has 9 nitrogen and oxygen atoms in total. The summed E-state index contributed by atoms with van der Waals surface area (Å²) in [5.41, 5.74) is 6.40. The lowest BCUT2D eigenvalue weighted by Crippen LogP contribution is -2.30. The van der Waals surface area contributed by atoms with Gasteiger partial charge in [-0.1, -0.05) is 30.3 Å². The summed E-state index contributed by atoms with van der Waals surface area (Å²) in [5.74, 6) is 2.05. The van der Waals surface area contributed by atoms with Gasteiger partial charge in [-0.15, -0.1) is 4.40 Å². The molecule has 0 bridgehead atoms. The molecule has 1 aliphatic rings. The number of furan rings is 1. The normalized spacial score (nSPS) is 15.2. The molecular weight excluding hydrogens is 452 g/mol. The molecule has 2 aromatic rings. The molecule has 3 N–H and O–H groups in total. The topological polar surface area (TPSA) is 127 Å². The third-order valence-corrected chi connectivity index (χ3v) is 6.65. The minimum absolute atomic E-state index is 0.0384. The molecule has 0 amide bonds. The van der Waals surface area contributed by atoms with Gasteiger partial charge in [-0.2, -0.15) is 20.2 Å². The Labute approximate surface area is 191 Å². The van der Waals surface area contributed by atoms with E-state index in [2.05, 4.69) is 9.71 Å². The van der Waals surface area contributed by atoms with Crippen LogP contribution < -0.4 is 11.1 Å². The van der Waals surface area contributed by atoms with E-state index >= 15 is 0 Å². The van der Waals surface area contributed by atoms with Gasteiger partial charge in [0.25, 0.3) is 10.0 Å². The van der Waals surface area contributed by atoms with Gasteiger partial charge >= 0.3 is 5.97 Å². The van der Waals surface area contributed by atoms with Crippen molar-refractivity contribution in [1.82, 2.24) is 10.2 Å². The van der Waals surface area contributed by atoms with Crippen molar-refractivity contribution in [2.24, 2.45) is 10.1 Å². The number of ether oxygens (including phenoxy) is 1. The average Bonchev–Trinajstić information content (AvgIpc) is 3.27. The van der Waals surface area contributed by atoms with Gasteiger partial charge < -0.3 is 25.1 Å². The highest BCUT2D eigenvalue weighted by atomic mass is 32.2. The first-order valence-corrected chi connectivity index (χ1v) is 12.5. The second-order valence-electron chi connectivity index (χ2n) is 7.30. The number of hydrogen-bond donors (Lipinski definition) is 2. The Bertz CT molecular complexity index is 1110. The van der Waals surface area contributed by atoms with Crippen LogP contribution in [-0.2, 0) is 38.5 Å². The summed E-state index contributed by atoms with van der Waals surface area (Å²) in [5, 5.41) is 2.89. The fourth-order valence-corrected chi connectivity index (χ4v) is 4.79. The highest BCUT2D eigenvalue weighted by Gasteiger charge is 2.37. The van der Waals surface area contributed by atoms with E-state index in [0.717, 1.165) is 23.6 Å². The number of carbonyl (C=O) groups excluding carboxylic acids is 1. The lowest BCUT2D eigenvalue weighted by atomic mass is 10.2. The number of esters is 1. The molecule has 0 saturated carbocycles. The van der Waals surface area contributed by atoms with Crippen molar-refractivity contribution in [3.05, 3.63) is 70.2 Å². The molecule has 2 heterocycles. The van der Waals surface area contributed by atoms with E-state index in [-0.39, 0.29) is 18.1 Å². The van der Waals surface area contributed by atoms with E-state index in [0.29, 0.717) is 18.1 Å². The zero-order chi connectivity index (χ0) is 23.1. The lowest BCUT2D eigenvalue weighted by Gasteiger charge is -2.07. The van der Waals surface area contributed by atoms with Gasteiger partial charge in [0.15, 0.2) is 5.84 Å². The van der Waals surface area contributed by atoms with Crippen molar-refractivity contribution in [1.29, 1.82) is 0 Å². The molecule has 32 heavy (non-hydrogen) atoms. The van der Waals surface area contributed by atoms with E-state index < -0.39 is 20.9 Å². The molecule has 1 aliphatic heterocycles. The van der Waals surface area contributed by atoms with Crippen molar-refractivity contribution >= 4 is 33.6 Å². The third-order valence-electron chi connectivity index (χ3n) is 4.34. The SMILES string of the molecule is CN(C)Cc1ccc(CSCCNC2=NS(=O)(=O)C(C(=O)OCc3ccccc3)=C2N)o1. The minimum atomic E-state index is -4.20. The molecule has 11 heteroatoms. The number of nitrogens with two attached hydrogens (primary N) is 1. The molecule has 0 saturated heterocycles. The maximum Gasteiger partial charge on any atom is 0.354 e. The Morgan fingerprint density at radius 3 is 2.62 bits per heavy atom. The van der Waals surface area contributed by atoms with E-state index in [1.807, 2.05) is 37.2 Å². The number of hydrogen-bond acceptors (Lipinski definition) is 9. The van der Waals surface area contributed by atoms with Crippen LogP contribution in [-0.4, -0.2) is 51.5 Å². The number of amidine groups is 1. The molecule has 3 rings (SSSR count). The summed E-state index contributed by atoms with van der Waals surface area (Å²) in [6.07, 6.45) is 0. The van der Waals surface area contributed by atoms with Crippen molar-refractivity contribution < 1.29 is 22.4 Å². The van der Waals surface area contributed by atoms with E-state index in [4.69, 9.17) is 14.9 Å². The highest BCUT2D eigenvalue weighted by molar-refractivity contribution is 7.98. The van der Waals surface area contributed by atoms with Gasteiger partial charge in [0.1, 0.15) is 23.8 Å². The largest absolute Gasteiger partial charge is 0.464 e. The standard InChI is InChI=1S/C21H26N4O5S2/c1-25(2)12-16-8-9-17(30-16)14-31-11-10-23-20-18(22)19(32(27,28)24-20)21(26)29-13-15-6-4-3-5-7-15/h3-9H,10-14,22H2,1-2H3,(H,23,24). The zero-order valence-corrected chi connectivity index (χ0v) is 19.5. The Balaban J connectivity index is 1.48. The maximum absolute atomic E-state index is 12.3. The van der Waals surface area contributed by atoms with E-state index in [1.165, 1.54) is 0 Å². The Kier molecular flexibility index (Phi) is 7.99. The molecule has 1 aromatic carbocycles. The molecular formula is C21H26N4O5S2. The average molecular weight is 479 g/mol. The van der Waals surface area contributed by atoms with Gasteiger partial charge in [-0.25, -0.2) is 4.79 Å². The van der Waals surface area contributed by atoms with Crippen LogP contribution >= 0.6 is 11.8 Å². The third kappa shape index (κ3) is 6.38. The van der Waals surface area contributed by atoms with Crippen molar-refractivity contribution in [2.75, 3.05) is 26.4 Å². The van der Waals surface area contributed by atoms with Gasteiger partial charge in [0.05, 0.1) is 12.3 Å². The number of carbonyl (C=O) groups is 1. The van der Waals surface area contributed by atoms with Crippen LogP contribution in [0.2, 0.25) is 0 Å². The second kappa shape index (κ2) is 10.7. The maximum atomic E-state index is 12.3. The van der Waals surface area contributed by atoms with Crippen LogP contribution in [0.25, 0.3) is 0 Å². The molecule has 0 aliphatic carbocycles. The number of sulfonamides is 1. The van der Waals surface area contributed by atoms with E-state index in [9.17, 15) is 13.2 Å². The number of nitrogens with one attached hydrogen (secondary N) is 1. The van der Waals surface area contributed by atoms with Crippen LogP contribution in [0.15, 0.2) is 61.9 Å². The summed E-state index contributed by atoms with van der Waals surface area (Å²) in [4.78, 5) is 13.7. The van der Waals surface area contributed by atoms with Crippen LogP contribution in [0.3, 0.4) is 0 Å². The molecule has 172 valence electrons. The first kappa shape index (κ1) is 23.9. The Hall–Kier alpha value is -2.76. The van der Waals surface area contributed by atoms with Crippen LogP contribution in [0.1, 0.15) is 17.1 Å². The van der Waals surface area contributed by atoms with Crippen molar-refractivity contribution in [3.63, 3.8) is 0 Å². The summed E-state index contributed by atoms with van der Waals surface area (Å²) in [6, 6.07) is 12.8. The second-order valence-corrected chi connectivity index (χ2v) is 9.95. The smallest absolute Gasteiger partial charge is 0.354 e. The number of nitrogens with zero attached hydrogens (tertiary/aromatic N) is 2. The molecule has 1 aromatic heterocycles. The molecule has 0 unspecified atom stereocenters. The number of benzene rings is 1. The van der Waals surface area contributed by atoms with Crippen LogP contribution in [0.5, 0.6) is 0 Å². The number of thioether (sulfide) groups is 1. The minimum Gasteiger partial charge on any atom is -0.464 e. The molecule has 0 fully saturated rings. The molecule has 0 radical (unpaired) electrons. The molecule has 0 spiro atoms. The quantitative estimate of drug-likeness (QED) is 0.388. The fraction of sp³-hybridized carbons (Fsp3) is 0.333. The van der Waals surface area contributed by atoms with Crippen molar-refractivity contribution in [2.45, 2.75) is 18.9 Å². The molecule has 0 atom stereocenters. The van der Waals surface area contributed by atoms with Gasteiger partial charge in [0, 0.05) is 12.3 Å². The van der Waals surface area contributed by atoms with Crippen LogP contribution in [0, 0.1) is 0 Å². The fourth-order valence-electron chi connectivity index (χ4n) is 2.90. The first-order valence-electron chi connectivity index (χ1n) is 9.86. The lowest BCUT2D eigenvalue weighted by molar-refractivity contribution is -0.139. The summed E-state index contributed by atoms with van der Waals surface area (Å²) in [6.45, 7) is 1.09. The zero-order valence-electron chi connectivity index (χ0n) is 17.9. The van der Waals surface area contributed by atoms with Gasteiger partial charge in [-0.3, -0.25) is 0 Å². The van der Waals surface area contributed by atoms with Crippen LogP contribution in [0.4, 0.5) is 0 Å².